The Balaban J connectivity index is 2.06. The normalized spacial score (nSPS) is 10.4. The highest BCUT2D eigenvalue weighted by molar-refractivity contribution is 5.89. The Bertz CT molecular complexity index is 588. The molecule has 0 atom stereocenters. The first-order chi connectivity index (χ1) is 9.06. The topological polar surface area (TPSA) is 37.3 Å². The van der Waals surface area contributed by atoms with E-state index in [1.807, 2.05) is 12.1 Å². The molecule has 0 aliphatic carbocycles. The van der Waals surface area contributed by atoms with Crippen LogP contribution in [0.2, 0.25) is 0 Å². The number of rotatable bonds is 4. The summed E-state index contributed by atoms with van der Waals surface area (Å²) in [7, 11) is 0. The Kier molecular flexibility index (Phi) is 3.95. The predicted molar refractivity (Wildman–Crippen MR) is 71.9 cm³/mol. The van der Waals surface area contributed by atoms with E-state index in [1.54, 1.807) is 25.1 Å². The van der Waals surface area contributed by atoms with Gasteiger partial charge in [-0.15, -0.1) is 0 Å². The van der Waals surface area contributed by atoms with Crippen LogP contribution >= 0.6 is 0 Å². The highest BCUT2D eigenvalue weighted by Gasteiger charge is 2.07. The molecule has 0 heterocycles. The molecule has 0 fully saturated rings. The summed E-state index contributed by atoms with van der Waals surface area (Å²) < 4.78 is 12.8. The summed E-state index contributed by atoms with van der Waals surface area (Å²) in [5, 5.41) is 8.95. The van der Waals surface area contributed by atoms with E-state index in [2.05, 4.69) is 0 Å². The molecule has 0 aliphatic rings. The Hall–Kier alpha value is -2.16. The van der Waals surface area contributed by atoms with Crippen molar-refractivity contribution in [3.8, 4) is 0 Å². The first kappa shape index (κ1) is 13.3. The smallest absolute Gasteiger partial charge is 0.335 e. The predicted octanol–water partition coefficient (Wildman–Crippen LogP) is 3.62. The van der Waals surface area contributed by atoms with Crippen LogP contribution in [-0.4, -0.2) is 11.1 Å². The van der Waals surface area contributed by atoms with Gasteiger partial charge in [-0.05, 0) is 54.7 Å². The fraction of sp³-hybridized carbons (Fsp3) is 0.188. The molecule has 2 aromatic carbocycles. The van der Waals surface area contributed by atoms with Crippen LogP contribution in [-0.2, 0) is 12.8 Å². The maximum absolute atomic E-state index is 12.8. The van der Waals surface area contributed by atoms with Crippen LogP contribution in [0.4, 0.5) is 4.39 Å². The van der Waals surface area contributed by atoms with Gasteiger partial charge in [-0.2, -0.15) is 0 Å². The average molecular weight is 258 g/mol. The van der Waals surface area contributed by atoms with Gasteiger partial charge in [0.2, 0.25) is 0 Å². The number of carbonyl (C=O) groups is 1. The zero-order chi connectivity index (χ0) is 13.8. The lowest BCUT2D eigenvalue weighted by atomic mass is 10.00. The molecule has 0 amide bonds. The average Bonchev–Trinajstić information content (AvgIpc) is 2.37. The van der Waals surface area contributed by atoms with E-state index in [0.29, 0.717) is 5.56 Å². The summed E-state index contributed by atoms with van der Waals surface area (Å²) in [5.41, 5.74) is 3.27. The molecular weight excluding hydrogens is 243 g/mol. The Morgan fingerprint density at radius 1 is 1.05 bits per heavy atom. The van der Waals surface area contributed by atoms with Crippen molar-refractivity contribution in [1.29, 1.82) is 0 Å². The molecule has 0 aliphatic heterocycles. The van der Waals surface area contributed by atoms with Crippen LogP contribution in [0.5, 0.6) is 0 Å². The minimum absolute atomic E-state index is 0.231. The van der Waals surface area contributed by atoms with Crippen LogP contribution in [0.1, 0.15) is 27.0 Å². The monoisotopic (exact) mass is 258 g/mol. The molecule has 3 heteroatoms. The van der Waals surface area contributed by atoms with Crippen LogP contribution in [0.15, 0.2) is 42.5 Å². The van der Waals surface area contributed by atoms with Gasteiger partial charge in [0.05, 0.1) is 5.56 Å². The Morgan fingerprint density at radius 3 is 2.21 bits per heavy atom. The van der Waals surface area contributed by atoms with Gasteiger partial charge in [-0.25, -0.2) is 9.18 Å². The number of halogens is 1. The first-order valence-corrected chi connectivity index (χ1v) is 6.13. The quantitative estimate of drug-likeness (QED) is 0.909. The fourth-order valence-corrected chi connectivity index (χ4v) is 2.06. The molecule has 2 aromatic rings. The molecule has 19 heavy (non-hydrogen) atoms. The van der Waals surface area contributed by atoms with E-state index >= 15 is 0 Å². The van der Waals surface area contributed by atoms with Gasteiger partial charge in [-0.1, -0.05) is 24.3 Å². The molecule has 0 spiro atoms. The summed E-state index contributed by atoms with van der Waals surface area (Å²) in [6.45, 7) is 1.80. The maximum Gasteiger partial charge on any atom is 0.335 e. The molecular formula is C16H15FO2. The minimum Gasteiger partial charge on any atom is -0.478 e. The van der Waals surface area contributed by atoms with Crippen molar-refractivity contribution in [3.05, 3.63) is 70.5 Å². The number of aromatic carboxylic acids is 1. The maximum atomic E-state index is 12.8. The highest BCUT2D eigenvalue weighted by Crippen LogP contribution is 2.14. The third-order valence-electron chi connectivity index (χ3n) is 3.14. The van der Waals surface area contributed by atoms with Crippen molar-refractivity contribution >= 4 is 5.97 Å². The molecule has 0 saturated carbocycles. The number of benzene rings is 2. The van der Waals surface area contributed by atoms with E-state index < -0.39 is 5.97 Å². The van der Waals surface area contributed by atoms with Gasteiger partial charge < -0.3 is 5.11 Å². The lowest BCUT2D eigenvalue weighted by Gasteiger charge is -2.06. The van der Waals surface area contributed by atoms with Crippen molar-refractivity contribution in [2.45, 2.75) is 19.8 Å². The SMILES string of the molecule is Cc1cc(CCc2ccc(F)cc2)ccc1C(=O)O. The lowest BCUT2D eigenvalue weighted by molar-refractivity contribution is 0.0696. The fourth-order valence-electron chi connectivity index (χ4n) is 2.06. The summed E-state index contributed by atoms with van der Waals surface area (Å²) >= 11 is 0. The van der Waals surface area contributed by atoms with Crippen LogP contribution in [0.3, 0.4) is 0 Å². The summed E-state index contributed by atoms with van der Waals surface area (Å²) in [6.07, 6.45) is 1.62. The molecule has 0 aromatic heterocycles. The number of aryl methyl sites for hydroxylation is 3. The third-order valence-corrected chi connectivity index (χ3v) is 3.14. The Labute approximate surface area is 111 Å². The third kappa shape index (κ3) is 3.41. The van der Waals surface area contributed by atoms with E-state index in [9.17, 15) is 9.18 Å². The molecule has 0 saturated heterocycles. The number of hydrogen-bond acceptors (Lipinski definition) is 1. The van der Waals surface area contributed by atoms with Crippen molar-refractivity contribution in [2.75, 3.05) is 0 Å². The second-order valence-electron chi connectivity index (χ2n) is 4.58. The van der Waals surface area contributed by atoms with Gasteiger partial charge in [0, 0.05) is 0 Å². The first-order valence-electron chi connectivity index (χ1n) is 6.13. The van der Waals surface area contributed by atoms with Crippen molar-refractivity contribution in [3.63, 3.8) is 0 Å². The molecule has 0 unspecified atom stereocenters. The zero-order valence-electron chi connectivity index (χ0n) is 10.7. The molecule has 1 N–H and O–H groups in total. The largest absolute Gasteiger partial charge is 0.478 e. The van der Waals surface area contributed by atoms with Crippen molar-refractivity contribution in [2.24, 2.45) is 0 Å². The van der Waals surface area contributed by atoms with Crippen molar-refractivity contribution < 1.29 is 14.3 Å². The van der Waals surface area contributed by atoms with E-state index in [1.165, 1.54) is 12.1 Å². The van der Waals surface area contributed by atoms with Crippen LogP contribution in [0, 0.1) is 12.7 Å². The number of hydrogen-bond donors (Lipinski definition) is 1. The van der Waals surface area contributed by atoms with Gasteiger partial charge in [0.25, 0.3) is 0 Å². The highest BCUT2D eigenvalue weighted by atomic mass is 19.1. The molecule has 2 nitrogen and oxygen atoms in total. The van der Waals surface area contributed by atoms with Crippen molar-refractivity contribution in [1.82, 2.24) is 0 Å². The lowest BCUT2D eigenvalue weighted by Crippen LogP contribution is -2.01. The van der Waals surface area contributed by atoms with E-state index in [4.69, 9.17) is 5.11 Å². The summed E-state index contributed by atoms with van der Waals surface area (Å²) in [4.78, 5) is 10.9. The van der Waals surface area contributed by atoms with Gasteiger partial charge >= 0.3 is 5.97 Å². The molecule has 0 radical (unpaired) electrons. The van der Waals surface area contributed by atoms with E-state index in [-0.39, 0.29) is 5.82 Å². The zero-order valence-corrected chi connectivity index (χ0v) is 10.7. The molecule has 0 bridgehead atoms. The summed E-state index contributed by atoms with van der Waals surface area (Å²) in [5.74, 6) is -1.13. The second-order valence-corrected chi connectivity index (χ2v) is 4.58. The molecule has 98 valence electrons. The standard InChI is InChI=1S/C16H15FO2/c1-11-10-13(6-9-15(11)16(18)19)3-2-12-4-7-14(17)8-5-12/h4-10H,2-3H2,1H3,(H,18,19). The van der Waals surface area contributed by atoms with Gasteiger partial charge in [0.15, 0.2) is 0 Å². The summed E-state index contributed by atoms with van der Waals surface area (Å²) in [6, 6.07) is 11.8. The van der Waals surface area contributed by atoms with Crippen LogP contribution < -0.4 is 0 Å². The van der Waals surface area contributed by atoms with Gasteiger partial charge in [-0.3, -0.25) is 0 Å². The number of carboxylic acids is 1. The second kappa shape index (κ2) is 5.65. The van der Waals surface area contributed by atoms with E-state index in [0.717, 1.165) is 29.5 Å². The Morgan fingerprint density at radius 2 is 1.63 bits per heavy atom. The molecule has 2 rings (SSSR count). The van der Waals surface area contributed by atoms with Gasteiger partial charge in [0.1, 0.15) is 5.82 Å². The number of carboxylic acid groups (broad SMARTS) is 1. The van der Waals surface area contributed by atoms with Crippen LogP contribution in [0.25, 0.3) is 0 Å². The minimum atomic E-state index is -0.900.